The molecule has 3 rings (SSSR count). The maximum Gasteiger partial charge on any atom is 0.405 e. The van der Waals surface area contributed by atoms with E-state index in [-0.39, 0.29) is 18.2 Å². The maximum absolute atomic E-state index is 13.3. The fraction of sp³-hybridized carbons (Fsp3) is 0.609. The van der Waals surface area contributed by atoms with E-state index in [2.05, 4.69) is 10.6 Å². The second-order valence-electron chi connectivity index (χ2n) is 9.76. The standard InChI is InChI=1S/C23H33N3O5/c1-21(2,3)19(28)22(4,31-20(24)29)14-25-17-18(27)26-15-10-6-7-11-16(15)30-23(17)12-8-5-9-13-23/h6-7,10-11,17,25H,5,8-9,12-14H2,1-4H3,(H2,24,29)(H,26,27)/t17-,22-/m0/s1. The predicted molar refractivity (Wildman–Crippen MR) is 117 cm³/mol. The molecule has 0 bridgehead atoms. The molecule has 1 saturated carbocycles. The Kier molecular flexibility index (Phi) is 6.32. The van der Waals surface area contributed by atoms with Crippen molar-refractivity contribution in [2.75, 3.05) is 11.9 Å². The molecule has 1 aromatic rings. The van der Waals surface area contributed by atoms with Crippen LogP contribution in [-0.4, -0.2) is 41.6 Å². The number of hydrogen-bond acceptors (Lipinski definition) is 6. The Hall–Kier alpha value is -2.61. The number of para-hydroxylation sites is 2. The Labute approximate surface area is 183 Å². The minimum absolute atomic E-state index is 0.0639. The van der Waals surface area contributed by atoms with Gasteiger partial charge in [-0.3, -0.25) is 14.9 Å². The molecule has 31 heavy (non-hydrogen) atoms. The van der Waals surface area contributed by atoms with E-state index in [0.717, 1.165) is 19.3 Å². The second kappa shape index (κ2) is 8.49. The van der Waals surface area contributed by atoms with Crippen molar-refractivity contribution >= 4 is 23.5 Å². The van der Waals surface area contributed by atoms with E-state index in [1.807, 2.05) is 18.2 Å². The first kappa shape index (κ1) is 23.1. The summed E-state index contributed by atoms with van der Waals surface area (Å²) in [4.78, 5) is 37.9. The molecule has 1 aromatic carbocycles. The number of hydrogen-bond donors (Lipinski definition) is 3. The van der Waals surface area contributed by atoms with Crippen LogP contribution in [0.4, 0.5) is 10.5 Å². The monoisotopic (exact) mass is 431 g/mol. The summed E-state index contributed by atoms with van der Waals surface area (Å²) < 4.78 is 11.8. The molecule has 4 N–H and O–H groups in total. The highest BCUT2D eigenvalue weighted by Crippen LogP contribution is 2.41. The molecule has 8 nitrogen and oxygen atoms in total. The third kappa shape index (κ3) is 4.84. The summed E-state index contributed by atoms with van der Waals surface area (Å²) in [5.41, 5.74) is 2.83. The molecule has 0 unspecified atom stereocenters. The maximum atomic E-state index is 13.3. The van der Waals surface area contributed by atoms with Gasteiger partial charge in [-0.05, 0) is 44.7 Å². The van der Waals surface area contributed by atoms with Crippen LogP contribution in [0.2, 0.25) is 0 Å². The summed E-state index contributed by atoms with van der Waals surface area (Å²) in [7, 11) is 0. The molecule has 170 valence electrons. The summed E-state index contributed by atoms with van der Waals surface area (Å²) >= 11 is 0. The lowest BCUT2D eigenvalue weighted by molar-refractivity contribution is -0.144. The van der Waals surface area contributed by atoms with Gasteiger partial charge in [-0.2, -0.15) is 0 Å². The Morgan fingerprint density at radius 2 is 1.84 bits per heavy atom. The molecule has 0 radical (unpaired) electrons. The van der Waals surface area contributed by atoms with Gasteiger partial charge in [0.15, 0.2) is 11.4 Å². The molecule has 0 saturated heterocycles. The number of amides is 2. The number of anilines is 1. The number of carbonyl (C=O) groups is 3. The molecule has 8 heteroatoms. The van der Waals surface area contributed by atoms with Crippen LogP contribution in [0, 0.1) is 5.41 Å². The molecule has 1 aliphatic carbocycles. The highest BCUT2D eigenvalue weighted by molar-refractivity contribution is 5.98. The van der Waals surface area contributed by atoms with E-state index in [4.69, 9.17) is 15.2 Å². The molecule has 1 aliphatic heterocycles. The first-order chi connectivity index (χ1) is 14.5. The van der Waals surface area contributed by atoms with E-state index in [9.17, 15) is 14.4 Å². The summed E-state index contributed by atoms with van der Waals surface area (Å²) in [6.45, 7) is 6.71. The topological polar surface area (TPSA) is 120 Å². The van der Waals surface area contributed by atoms with Crippen LogP contribution in [0.25, 0.3) is 0 Å². The number of primary amides is 1. The van der Waals surface area contributed by atoms with Crippen LogP contribution in [-0.2, 0) is 14.3 Å². The van der Waals surface area contributed by atoms with Crippen LogP contribution in [0.15, 0.2) is 24.3 Å². The zero-order valence-electron chi connectivity index (χ0n) is 18.7. The minimum atomic E-state index is -1.53. The fourth-order valence-electron chi connectivity index (χ4n) is 4.68. The fourth-order valence-corrected chi connectivity index (χ4v) is 4.68. The highest BCUT2D eigenvalue weighted by atomic mass is 16.6. The van der Waals surface area contributed by atoms with Crippen molar-refractivity contribution < 1.29 is 23.9 Å². The van der Waals surface area contributed by atoms with Gasteiger partial charge >= 0.3 is 6.09 Å². The van der Waals surface area contributed by atoms with Crippen molar-refractivity contribution in [2.24, 2.45) is 11.1 Å². The van der Waals surface area contributed by atoms with Gasteiger partial charge in [-0.15, -0.1) is 0 Å². The van der Waals surface area contributed by atoms with Gasteiger partial charge in [0.25, 0.3) is 0 Å². The van der Waals surface area contributed by atoms with Crippen molar-refractivity contribution in [3.05, 3.63) is 24.3 Å². The molecule has 2 aliphatic rings. The summed E-state index contributed by atoms with van der Waals surface area (Å²) in [6, 6.07) is 6.62. The van der Waals surface area contributed by atoms with Gasteiger partial charge in [-0.1, -0.05) is 39.3 Å². The summed E-state index contributed by atoms with van der Waals surface area (Å²) in [6.07, 6.45) is 3.31. The van der Waals surface area contributed by atoms with E-state index >= 15 is 0 Å². The average molecular weight is 432 g/mol. The van der Waals surface area contributed by atoms with Crippen molar-refractivity contribution in [1.82, 2.24) is 5.32 Å². The summed E-state index contributed by atoms with van der Waals surface area (Å²) in [5, 5.41) is 6.15. The van der Waals surface area contributed by atoms with Crippen molar-refractivity contribution in [3.8, 4) is 5.75 Å². The lowest BCUT2D eigenvalue weighted by atomic mass is 9.77. The molecule has 1 spiro atoms. The number of rotatable bonds is 5. The van der Waals surface area contributed by atoms with E-state index in [0.29, 0.717) is 24.3 Å². The zero-order chi connectivity index (χ0) is 22.9. The number of Topliss-reactive ketones (excluding diaryl/α,β-unsaturated/α-hetero) is 1. The van der Waals surface area contributed by atoms with Crippen LogP contribution in [0.1, 0.15) is 59.8 Å². The van der Waals surface area contributed by atoms with E-state index < -0.39 is 28.8 Å². The quantitative estimate of drug-likeness (QED) is 0.659. The lowest BCUT2D eigenvalue weighted by Gasteiger charge is -2.43. The van der Waals surface area contributed by atoms with Crippen LogP contribution < -0.4 is 21.1 Å². The van der Waals surface area contributed by atoms with Gasteiger partial charge in [0.1, 0.15) is 17.4 Å². The van der Waals surface area contributed by atoms with E-state index in [1.54, 1.807) is 26.8 Å². The Morgan fingerprint density at radius 3 is 2.45 bits per heavy atom. The summed E-state index contributed by atoms with van der Waals surface area (Å²) in [5.74, 6) is 0.0997. The van der Waals surface area contributed by atoms with Crippen LogP contribution >= 0.6 is 0 Å². The normalized spacial score (nSPS) is 22.3. The molecule has 2 amide bonds. The molecule has 1 heterocycles. The first-order valence-corrected chi connectivity index (χ1v) is 10.8. The largest absolute Gasteiger partial charge is 0.483 e. The second-order valence-corrected chi connectivity index (χ2v) is 9.76. The molecular formula is C23H33N3O5. The van der Waals surface area contributed by atoms with Gasteiger partial charge in [0.05, 0.1) is 5.69 Å². The number of carbonyl (C=O) groups excluding carboxylic acids is 3. The van der Waals surface area contributed by atoms with Crippen molar-refractivity contribution in [3.63, 3.8) is 0 Å². The zero-order valence-corrected chi connectivity index (χ0v) is 18.7. The van der Waals surface area contributed by atoms with Crippen LogP contribution in [0.5, 0.6) is 5.75 Å². The molecule has 1 fully saturated rings. The van der Waals surface area contributed by atoms with Crippen LogP contribution in [0.3, 0.4) is 0 Å². The lowest BCUT2D eigenvalue weighted by Crippen LogP contribution is -2.64. The Balaban J connectivity index is 1.92. The molecule has 2 atom stereocenters. The highest BCUT2D eigenvalue weighted by Gasteiger charge is 2.50. The third-order valence-corrected chi connectivity index (χ3v) is 6.08. The number of ether oxygens (including phenoxy) is 2. The van der Waals surface area contributed by atoms with Crippen molar-refractivity contribution in [2.45, 2.75) is 77.0 Å². The van der Waals surface area contributed by atoms with Crippen molar-refractivity contribution in [1.29, 1.82) is 0 Å². The SMILES string of the molecule is CC(C)(C)C(=O)[C@](C)(CN[C@H]1C(=O)Nc2ccccc2OC12CCCCC2)OC(N)=O. The number of nitrogens with one attached hydrogen (secondary N) is 2. The first-order valence-electron chi connectivity index (χ1n) is 10.8. The van der Waals surface area contributed by atoms with Gasteiger partial charge < -0.3 is 20.5 Å². The number of fused-ring (bicyclic) bond motifs is 1. The van der Waals surface area contributed by atoms with E-state index in [1.165, 1.54) is 6.92 Å². The van der Waals surface area contributed by atoms with Gasteiger partial charge in [-0.25, -0.2) is 4.79 Å². The Bertz CT molecular complexity index is 857. The van der Waals surface area contributed by atoms with Gasteiger partial charge in [0, 0.05) is 12.0 Å². The number of nitrogens with two attached hydrogens (primary N) is 1. The molecule has 0 aromatic heterocycles. The smallest absolute Gasteiger partial charge is 0.405 e. The third-order valence-electron chi connectivity index (χ3n) is 6.08. The Morgan fingerprint density at radius 1 is 1.19 bits per heavy atom. The predicted octanol–water partition coefficient (Wildman–Crippen LogP) is 3.15. The minimum Gasteiger partial charge on any atom is -0.483 e. The number of benzene rings is 1. The number of ketones is 1. The van der Waals surface area contributed by atoms with Gasteiger partial charge in [0.2, 0.25) is 5.91 Å². The molecular weight excluding hydrogens is 398 g/mol. The average Bonchev–Trinajstić information content (AvgIpc) is 2.79.